The number of aromatic hydroxyl groups is 2. The first-order valence-corrected chi connectivity index (χ1v) is 3.34. The molecule has 0 aliphatic rings. The fourth-order valence-corrected chi connectivity index (χ4v) is 1.00. The van der Waals surface area contributed by atoms with Crippen LogP contribution in [0, 0.1) is 6.92 Å². The maximum Gasteiger partial charge on any atom is 0.256 e. The minimum atomic E-state index is -0.843. The molecule has 1 amide bonds. The van der Waals surface area contributed by atoms with Crippen molar-refractivity contribution in [3.05, 3.63) is 23.3 Å². The van der Waals surface area contributed by atoms with Crippen LogP contribution in [0.3, 0.4) is 0 Å². The molecule has 0 aromatic heterocycles. The van der Waals surface area contributed by atoms with Gasteiger partial charge in [0.25, 0.3) is 5.91 Å². The van der Waals surface area contributed by atoms with Gasteiger partial charge in [-0.2, -0.15) is 0 Å². The zero-order valence-electron chi connectivity index (χ0n) is 6.53. The summed E-state index contributed by atoms with van der Waals surface area (Å²) in [7, 11) is 0. The van der Waals surface area contributed by atoms with Crippen LogP contribution in [0.15, 0.2) is 12.1 Å². The van der Waals surface area contributed by atoms with Crippen molar-refractivity contribution in [2.75, 3.05) is 0 Å². The summed E-state index contributed by atoms with van der Waals surface area (Å²) in [5, 5.41) is 18.4. The molecule has 0 aliphatic carbocycles. The number of hydrogen-bond donors (Lipinski definition) is 3. The number of amides is 1. The van der Waals surface area contributed by atoms with Crippen molar-refractivity contribution in [3.8, 4) is 11.5 Å². The maximum atomic E-state index is 10.7. The molecule has 0 atom stereocenters. The molecule has 4 heteroatoms. The van der Waals surface area contributed by atoms with Crippen LogP contribution < -0.4 is 5.73 Å². The monoisotopic (exact) mass is 167 g/mol. The summed E-state index contributed by atoms with van der Waals surface area (Å²) in [6.07, 6.45) is 0. The molecule has 0 fully saturated rings. The van der Waals surface area contributed by atoms with E-state index in [1.165, 1.54) is 12.1 Å². The predicted octanol–water partition coefficient (Wildman–Crippen LogP) is 0.505. The third-order valence-corrected chi connectivity index (χ3v) is 1.49. The first-order valence-electron chi connectivity index (χ1n) is 3.34. The minimum absolute atomic E-state index is 0.236. The highest BCUT2D eigenvalue weighted by molar-refractivity contribution is 5.98. The highest BCUT2D eigenvalue weighted by atomic mass is 16.3. The van der Waals surface area contributed by atoms with E-state index in [1.54, 1.807) is 6.92 Å². The molecule has 0 radical (unpaired) electrons. The van der Waals surface area contributed by atoms with Crippen molar-refractivity contribution in [2.24, 2.45) is 5.73 Å². The lowest BCUT2D eigenvalue weighted by molar-refractivity contribution is 0.0995. The van der Waals surface area contributed by atoms with Crippen LogP contribution in [0.1, 0.15) is 15.9 Å². The second kappa shape index (κ2) is 2.73. The smallest absolute Gasteiger partial charge is 0.256 e. The van der Waals surface area contributed by atoms with Crippen molar-refractivity contribution < 1.29 is 15.0 Å². The normalized spacial score (nSPS) is 9.75. The molecule has 0 aliphatic heterocycles. The third kappa shape index (κ3) is 1.32. The van der Waals surface area contributed by atoms with E-state index in [9.17, 15) is 15.0 Å². The summed E-state index contributed by atoms with van der Waals surface area (Å²) in [5.74, 6) is -1.43. The summed E-state index contributed by atoms with van der Waals surface area (Å²) in [6, 6.07) is 2.72. The number of carbonyl (C=O) groups excluding carboxylic acids is 1. The first-order chi connectivity index (χ1) is 5.52. The van der Waals surface area contributed by atoms with Gasteiger partial charge in [-0.15, -0.1) is 0 Å². The fraction of sp³-hybridized carbons (Fsp3) is 0.125. The standard InChI is InChI=1S/C8H9NO3/c1-4-2-5(10)7(8(9)12)6(11)3-4/h2-3,10-11H,1H3,(H2,9,12). The zero-order valence-corrected chi connectivity index (χ0v) is 6.53. The van der Waals surface area contributed by atoms with E-state index in [0.717, 1.165) is 0 Å². The number of carbonyl (C=O) groups is 1. The summed E-state index contributed by atoms with van der Waals surface area (Å²) in [5.41, 5.74) is 5.33. The molecule has 0 unspecified atom stereocenters. The van der Waals surface area contributed by atoms with Gasteiger partial charge in [0.2, 0.25) is 0 Å². The van der Waals surface area contributed by atoms with Gasteiger partial charge in [0.05, 0.1) is 0 Å². The SMILES string of the molecule is Cc1cc(O)c(C(N)=O)c(O)c1. The molecule has 4 N–H and O–H groups in total. The van der Waals surface area contributed by atoms with E-state index in [0.29, 0.717) is 5.56 Å². The average molecular weight is 167 g/mol. The van der Waals surface area contributed by atoms with Crippen LogP contribution in [-0.2, 0) is 0 Å². The molecule has 0 spiro atoms. The van der Waals surface area contributed by atoms with Gasteiger partial charge in [-0.3, -0.25) is 4.79 Å². The molecule has 0 bridgehead atoms. The van der Waals surface area contributed by atoms with Gasteiger partial charge in [0, 0.05) is 0 Å². The van der Waals surface area contributed by atoms with Gasteiger partial charge < -0.3 is 15.9 Å². The van der Waals surface area contributed by atoms with Gasteiger partial charge in [-0.25, -0.2) is 0 Å². The summed E-state index contributed by atoms with van der Waals surface area (Å²) >= 11 is 0. The number of nitrogens with two attached hydrogens (primary N) is 1. The molecule has 1 aromatic rings. The maximum absolute atomic E-state index is 10.7. The topological polar surface area (TPSA) is 83.5 Å². The number of aryl methyl sites for hydroxylation is 1. The summed E-state index contributed by atoms with van der Waals surface area (Å²) in [4.78, 5) is 10.7. The van der Waals surface area contributed by atoms with E-state index >= 15 is 0 Å². The molecule has 0 heterocycles. The molecule has 4 nitrogen and oxygen atoms in total. The number of hydrogen-bond acceptors (Lipinski definition) is 3. The lowest BCUT2D eigenvalue weighted by Crippen LogP contribution is -2.11. The lowest BCUT2D eigenvalue weighted by atomic mass is 10.1. The Morgan fingerprint density at radius 3 is 2.08 bits per heavy atom. The van der Waals surface area contributed by atoms with Crippen LogP contribution in [0.25, 0.3) is 0 Å². The van der Waals surface area contributed by atoms with Crippen molar-refractivity contribution in [3.63, 3.8) is 0 Å². The second-order valence-corrected chi connectivity index (χ2v) is 2.54. The summed E-state index contributed by atoms with van der Waals surface area (Å²) < 4.78 is 0. The number of primary amides is 1. The minimum Gasteiger partial charge on any atom is -0.507 e. The van der Waals surface area contributed by atoms with Gasteiger partial charge in [0.15, 0.2) is 0 Å². The van der Waals surface area contributed by atoms with Crippen LogP contribution in [0.5, 0.6) is 11.5 Å². The Bertz CT molecular complexity index is 310. The Hall–Kier alpha value is -1.71. The lowest BCUT2D eigenvalue weighted by Gasteiger charge is -2.03. The quantitative estimate of drug-likeness (QED) is 0.569. The van der Waals surface area contributed by atoms with Crippen LogP contribution in [-0.4, -0.2) is 16.1 Å². The molecule has 1 aromatic carbocycles. The Labute approximate surface area is 69.3 Å². The van der Waals surface area contributed by atoms with Crippen LogP contribution in [0.4, 0.5) is 0 Å². The Morgan fingerprint density at radius 2 is 1.75 bits per heavy atom. The number of phenols is 2. The molecule has 0 saturated carbocycles. The zero-order chi connectivity index (χ0) is 9.30. The number of rotatable bonds is 1. The molecule has 0 saturated heterocycles. The highest BCUT2D eigenvalue weighted by Gasteiger charge is 2.13. The Kier molecular flexibility index (Phi) is 1.91. The number of benzene rings is 1. The van der Waals surface area contributed by atoms with Gasteiger partial charge in [-0.1, -0.05) is 0 Å². The molecule has 1 rings (SSSR count). The molecular formula is C8H9NO3. The van der Waals surface area contributed by atoms with Crippen molar-refractivity contribution in [2.45, 2.75) is 6.92 Å². The Morgan fingerprint density at radius 1 is 1.33 bits per heavy atom. The first kappa shape index (κ1) is 8.39. The van der Waals surface area contributed by atoms with E-state index in [-0.39, 0.29) is 17.1 Å². The van der Waals surface area contributed by atoms with E-state index < -0.39 is 5.91 Å². The van der Waals surface area contributed by atoms with Gasteiger partial charge >= 0.3 is 0 Å². The van der Waals surface area contributed by atoms with Crippen molar-refractivity contribution in [1.82, 2.24) is 0 Å². The van der Waals surface area contributed by atoms with E-state index in [2.05, 4.69) is 0 Å². The van der Waals surface area contributed by atoms with E-state index in [4.69, 9.17) is 5.73 Å². The largest absolute Gasteiger partial charge is 0.507 e. The predicted molar refractivity (Wildman–Crippen MR) is 43.0 cm³/mol. The molecule has 12 heavy (non-hydrogen) atoms. The van der Waals surface area contributed by atoms with Crippen LogP contribution in [0.2, 0.25) is 0 Å². The van der Waals surface area contributed by atoms with Gasteiger partial charge in [0.1, 0.15) is 17.1 Å². The molecule has 64 valence electrons. The average Bonchev–Trinajstić information content (AvgIpc) is 1.82. The van der Waals surface area contributed by atoms with E-state index in [1.807, 2.05) is 0 Å². The van der Waals surface area contributed by atoms with Crippen molar-refractivity contribution >= 4 is 5.91 Å². The summed E-state index contributed by atoms with van der Waals surface area (Å²) in [6.45, 7) is 1.68. The fourth-order valence-electron chi connectivity index (χ4n) is 1.00. The van der Waals surface area contributed by atoms with Gasteiger partial charge in [-0.05, 0) is 24.6 Å². The Balaban J connectivity index is 3.38. The second-order valence-electron chi connectivity index (χ2n) is 2.54. The van der Waals surface area contributed by atoms with Crippen LogP contribution >= 0.6 is 0 Å². The highest BCUT2D eigenvalue weighted by Crippen LogP contribution is 2.27. The molecular weight excluding hydrogens is 158 g/mol. The van der Waals surface area contributed by atoms with Crippen molar-refractivity contribution in [1.29, 1.82) is 0 Å². The third-order valence-electron chi connectivity index (χ3n) is 1.49.